The summed E-state index contributed by atoms with van der Waals surface area (Å²) in [6.45, 7) is 1.39. The molecule has 3 amide bonds. The fourth-order valence-corrected chi connectivity index (χ4v) is 6.30. The van der Waals surface area contributed by atoms with Gasteiger partial charge in [0, 0.05) is 57.5 Å². The molecule has 246 valence electrons. The zero-order valence-corrected chi connectivity index (χ0v) is 24.7. The summed E-state index contributed by atoms with van der Waals surface area (Å²) in [4.78, 5) is 43.3. The highest BCUT2D eigenvalue weighted by molar-refractivity contribution is 5.83. The van der Waals surface area contributed by atoms with Crippen LogP contribution in [0.4, 0.5) is 30.7 Å². The van der Waals surface area contributed by atoms with Crippen LogP contribution in [0.1, 0.15) is 53.0 Å². The van der Waals surface area contributed by atoms with Crippen LogP contribution < -0.4 is 0 Å². The molecule has 2 saturated heterocycles. The van der Waals surface area contributed by atoms with Crippen LogP contribution in [0.15, 0.2) is 36.4 Å². The van der Waals surface area contributed by atoms with Crippen LogP contribution >= 0.6 is 0 Å². The Hall–Kier alpha value is -3.68. The van der Waals surface area contributed by atoms with Gasteiger partial charge in [-0.25, -0.2) is 4.39 Å². The van der Waals surface area contributed by atoms with Crippen LogP contribution in [0.5, 0.6) is 0 Å². The summed E-state index contributed by atoms with van der Waals surface area (Å²) in [5.41, 5.74) is -2.18. The maximum absolute atomic E-state index is 14.0. The molecular weight excluding hydrogens is 611 g/mol. The Labute approximate surface area is 255 Å². The molecule has 2 atom stereocenters. The molecule has 0 saturated carbocycles. The van der Waals surface area contributed by atoms with Crippen LogP contribution in [0.2, 0.25) is 0 Å². The number of benzene rings is 2. The Kier molecular flexibility index (Phi) is 10.1. The van der Waals surface area contributed by atoms with Gasteiger partial charge in [-0.3, -0.25) is 14.4 Å². The number of aryl methyl sites for hydroxylation is 1. The van der Waals surface area contributed by atoms with Gasteiger partial charge in [-0.15, -0.1) is 0 Å². The minimum Gasteiger partial charge on any atom is -0.387 e. The number of likely N-dealkylation sites (tertiary alicyclic amines) is 2. The maximum Gasteiger partial charge on any atom is 0.416 e. The first kappa shape index (κ1) is 34.2. The number of halogens is 7. The number of hydrogen-bond acceptors (Lipinski definition) is 4. The van der Waals surface area contributed by atoms with Gasteiger partial charge < -0.3 is 19.8 Å². The van der Waals surface area contributed by atoms with E-state index in [-0.39, 0.29) is 43.0 Å². The molecule has 2 heterocycles. The first-order chi connectivity index (χ1) is 21.0. The molecule has 14 heteroatoms. The van der Waals surface area contributed by atoms with Crippen molar-refractivity contribution < 1.29 is 50.2 Å². The van der Waals surface area contributed by atoms with E-state index in [2.05, 4.69) is 0 Å². The topological polar surface area (TPSA) is 81.2 Å². The third kappa shape index (κ3) is 7.95. The van der Waals surface area contributed by atoms with Gasteiger partial charge in [0.1, 0.15) is 12.4 Å². The van der Waals surface area contributed by atoms with Crippen LogP contribution in [0, 0.1) is 24.6 Å². The number of piperidine rings is 2. The number of rotatable bonds is 6. The molecule has 0 spiro atoms. The standard InChI is InChI=1S/C31H34F7N3O4/c1-18-11-23(32)3-4-24(18)26-16-41(28(44)20-5-8-40(9-6-20)27(43)17-42)10-7-25(26)29(45)39(2)15-19-12-21(30(33,34)35)14-22(13-19)31(36,37)38/h3-4,11-14,20,25-26,42H,5-10,15-17H2,1-2H3/t25-,26+/m1/s1. The minimum absolute atomic E-state index is 0.0275. The number of hydrogen-bond donors (Lipinski definition) is 1. The number of aliphatic hydroxyl groups excluding tert-OH is 1. The molecular formula is C31H34F7N3O4. The van der Waals surface area contributed by atoms with Gasteiger partial charge in [0.2, 0.25) is 17.7 Å². The highest BCUT2D eigenvalue weighted by atomic mass is 19.4. The zero-order chi connectivity index (χ0) is 33.3. The van der Waals surface area contributed by atoms with Gasteiger partial charge in [0.05, 0.1) is 11.1 Å². The summed E-state index contributed by atoms with van der Waals surface area (Å²) >= 11 is 0. The Bertz CT molecular complexity index is 1390. The number of nitrogens with zero attached hydrogens (tertiary/aromatic N) is 3. The predicted molar refractivity (Wildman–Crippen MR) is 148 cm³/mol. The van der Waals surface area contributed by atoms with Crippen molar-refractivity contribution in [3.63, 3.8) is 0 Å². The Morgan fingerprint density at radius 2 is 1.47 bits per heavy atom. The molecule has 2 aromatic carbocycles. The van der Waals surface area contributed by atoms with Gasteiger partial charge in [0.15, 0.2) is 0 Å². The zero-order valence-electron chi connectivity index (χ0n) is 24.7. The second-order valence-corrected chi connectivity index (χ2v) is 11.7. The number of carbonyl (C=O) groups excluding carboxylic acids is 3. The summed E-state index contributed by atoms with van der Waals surface area (Å²) in [5.74, 6) is -3.43. The van der Waals surface area contributed by atoms with E-state index in [1.54, 1.807) is 11.8 Å². The normalized spacial score (nSPS) is 19.9. The van der Waals surface area contributed by atoms with E-state index in [0.29, 0.717) is 49.2 Å². The molecule has 0 bridgehead atoms. The monoisotopic (exact) mass is 645 g/mol. The molecule has 0 radical (unpaired) electrons. The SMILES string of the molecule is Cc1cc(F)ccc1[C@@H]1CN(C(=O)C2CCN(C(=O)CO)CC2)CC[C@H]1C(=O)N(C)Cc1cc(C(F)(F)F)cc(C(F)(F)F)c1. The van der Waals surface area contributed by atoms with E-state index < -0.39 is 66.1 Å². The molecule has 7 nitrogen and oxygen atoms in total. The van der Waals surface area contributed by atoms with E-state index >= 15 is 0 Å². The van der Waals surface area contributed by atoms with Crippen molar-refractivity contribution >= 4 is 17.7 Å². The van der Waals surface area contributed by atoms with Crippen LogP contribution in [0.25, 0.3) is 0 Å². The van der Waals surface area contributed by atoms with E-state index in [1.807, 2.05) is 0 Å². The van der Waals surface area contributed by atoms with Gasteiger partial charge in [0.25, 0.3) is 0 Å². The van der Waals surface area contributed by atoms with Crippen molar-refractivity contribution in [3.05, 3.63) is 70.0 Å². The molecule has 0 aliphatic carbocycles. The van der Waals surface area contributed by atoms with Crippen molar-refractivity contribution in [1.29, 1.82) is 0 Å². The Morgan fingerprint density at radius 1 is 0.889 bits per heavy atom. The lowest BCUT2D eigenvalue weighted by Crippen LogP contribution is -2.51. The summed E-state index contributed by atoms with van der Waals surface area (Å²) in [6, 6.07) is 5.23. The second-order valence-electron chi connectivity index (χ2n) is 11.7. The van der Waals surface area contributed by atoms with Crippen molar-refractivity contribution in [2.75, 3.05) is 39.8 Å². The highest BCUT2D eigenvalue weighted by Crippen LogP contribution is 2.39. The van der Waals surface area contributed by atoms with Crippen LogP contribution in [-0.2, 0) is 33.3 Å². The molecule has 2 aliphatic heterocycles. The maximum atomic E-state index is 14.0. The van der Waals surface area contributed by atoms with Crippen molar-refractivity contribution in [2.45, 2.75) is 51.0 Å². The molecule has 45 heavy (non-hydrogen) atoms. The Morgan fingerprint density at radius 3 is 2.00 bits per heavy atom. The average molecular weight is 646 g/mol. The molecule has 2 aromatic rings. The van der Waals surface area contributed by atoms with Crippen LogP contribution in [-0.4, -0.2) is 77.4 Å². The molecule has 2 fully saturated rings. The average Bonchev–Trinajstić information content (AvgIpc) is 2.98. The van der Waals surface area contributed by atoms with Crippen molar-refractivity contribution in [1.82, 2.24) is 14.7 Å². The molecule has 4 rings (SSSR count). The van der Waals surface area contributed by atoms with Gasteiger partial charge in [-0.1, -0.05) is 6.07 Å². The van der Waals surface area contributed by atoms with Crippen molar-refractivity contribution in [3.8, 4) is 0 Å². The first-order valence-electron chi connectivity index (χ1n) is 14.5. The number of amides is 3. The van der Waals surface area contributed by atoms with E-state index in [0.717, 1.165) is 4.90 Å². The number of aliphatic hydroxyl groups is 1. The lowest BCUT2D eigenvalue weighted by molar-refractivity contribution is -0.145. The van der Waals surface area contributed by atoms with Gasteiger partial charge >= 0.3 is 12.4 Å². The lowest BCUT2D eigenvalue weighted by Gasteiger charge is -2.42. The molecule has 1 N–H and O–H groups in total. The summed E-state index contributed by atoms with van der Waals surface area (Å²) in [5, 5.41) is 9.11. The molecule has 2 aliphatic rings. The third-order valence-corrected chi connectivity index (χ3v) is 8.65. The minimum atomic E-state index is -5.03. The fourth-order valence-electron chi connectivity index (χ4n) is 6.30. The quantitative estimate of drug-likeness (QED) is 0.449. The highest BCUT2D eigenvalue weighted by Gasteiger charge is 2.41. The second kappa shape index (κ2) is 13.4. The van der Waals surface area contributed by atoms with Gasteiger partial charge in [-0.05, 0) is 73.2 Å². The van der Waals surface area contributed by atoms with E-state index in [9.17, 15) is 45.1 Å². The summed E-state index contributed by atoms with van der Waals surface area (Å²) in [7, 11) is 1.30. The third-order valence-electron chi connectivity index (χ3n) is 8.65. The summed E-state index contributed by atoms with van der Waals surface area (Å²) in [6.07, 6.45) is -9.12. The predicted octanol–water partition coefficient (Wildman–Crippen LogP) is 4.99. The van der Waals surface area contributed by atoms with E-state index in [1.165, 1.54) is 30.1 Å². The molecule has 0 unspecified atom stereocenters. The van der Waals surface area contributed by atoms with Gasteiger partial charge in [-0.2, -0.15) is 26.3 Å². The summed E-state index contributed by atoms with van der Waals surface area (Å²) < 4.78 is 94.4. The Balaban J connectivity index is 1.56. The molecule has 0 aromatic heterocycles. The number of alkyl halides is 6. The largest absolute Gasteiger partial charge is 0.416 e. The first-order valence-corrected chi connectivity index (χ1v) is 14.5. The van der Waals surface area contributed by atoms with E-state index in [4.69, 9.17) is 5.11 Å². The lowest BCUT2D eigenvalue weighted by atomic mass is 9.77. The van der Waals surface area contributed by atoms with Crippen LogP contribution in [0.3, 0.4) is 0 Å². The van der Waals surface area contributed by atoms with Crippen molar-refractivity contribution in [2.24, 2.45) is 11.8 Å². The fraction of sp³-hybridized carbons (Fsp3) is 0.516. The number of carbonyl (C=O) groups is 3. The smallest absolute Gasteiger partial charge is 0.387 e.